The van der Waals surface area contributed by atoms with Gasteiger partial charge in [-0.2, -0.15) is 0 Å². The molecule has 2 aromatic rings. The maximum atomic E-state index is 14.2. The van der Waals surface area contributed by atoms with Gasteiger partial charge in [0.2, 0.25) is 0 Å². The van der Waals surface area contributed by atoms with E-state index in [4.69, 9.17) is 4.74 Å². The van der Waals surface area contributed by atoms with Crippen LogP contribution in [0.4, 0.5) is 20.6 Å². The lowest BCUT2D eigenvalue weighted by atomic mass is 9.73. The molecule has 6 nitrogen and oxygen atoms in total. The zero-order chi connectivity index (χ0) is 25.7. The molecule has 1 aliphatic carbocycles. The zero-order valence-electron chi connectivity index (χ0n) is 21.3. The van der Waals surface area contributed by atoms with Gasteiger partial charge in [-0.1, -0.05) is 6.07 Å². The van der Waals surface area contributed by atoms with Gasteiger partial charge in [0, 0.05) is 25.3 Å². The molecular weight excluding hydrogens is 459 g/mol. The predicted molar refractivity (Wildman–Crippen MR) is 137 cm³/mol. The van der Waals surface area contributed by atoms with Crippen LogP contribution in [0, 0.1) is 5.82 Å². The molecule has 5 rings (SSSR count). The van der Waals surface area contributed by atoms with Crippen LogP contribution in [0.2, 0.25) is 0 Å². The number of carboxylic acid groups (broad SMARTS) is 1. The monoisotopic (exact) mass is 494 g/mol. The quantitative estimate of drug-likeness (QED) is 0.566. The Bertz CT molecular complexity index is 1180. The summed E-state index contributed by atoms with van der Waals surface area (Å²) < 4.78 is 19.8. The van der Waals surface area contributed by atoms with Gasteiger partial charge >= 0.3 is 12.1 Å². The summed E-state index contributed by atoms with van der Waals surface area (Å²) in [6, 6.07) is 11.2. The second-order valence-electron chi connectivity index (χ2n) is 11.5. The van der Waals surface area contributed by atoms with Gasteiger partial charge in [-0.15, -0.1) is 0 Å². The first-order chi connectivity index (χ1) is 17.0. The molecule has 1 atom stereocenters. The normalized spacial score (nSPS) is 20.7. The molecule has 2 aliphatic heterocycles. The third-order valence-corrected chi connectivity index (χ3v) is 7.97. The number of halogens is 1. The molecule has 0 saturated carbocycles. The molecule has 0 aromatic heterocycles. The fraction of sp³-hybridized carbons (Fsp3) is 0.517. The maximum Gasteiger partial charge on any atom is 0.414 e. The number of carbonyl (C=O) groups excluding carboxylic acids is 1. The van der Waals surface area contributed by atoms with Crippen LogP contribution in [-0.4, -0.2) is 42.4 Å². The highest BCUT2D eigenvalue weighted by atomic mass is 19.1. The second kappa shape index (κ2) is 9.09. The summed E-state index contributed by atoms with van der Waals surface area (Å²) in [4.78, 5) is 28.3. The van der Waals surface area contributed by atoms with Crippen LogP contribution in [0.1, 0.15) is 75.5 Å². The van der Waals surface area contributed by atoms with E-state index in [1.807, 2.05) is 26.8 Å². The van der Waals surface area contributed by atoms with Crippen molar-refractivity contribution in [2.45, 2.75) is 76.2 Å². The molecule has 1 N–H and O–H groups in total. The van der Waals surface area contributed by atoms with Crippen molar-refractivity contribution in [2.24, 2.45) is 0 Å². The molecule has 1 spiro atoms. The van der Waals surface area contributed by atoms with Crippen LogP contribution < -0.4 is 9.80 Å². The fourth-order valence-corrected chi connectivity index (χ4v) is 6.38. The molecule has 36 heavy (non-hydrogen) atoms. The second-order valence-corrected chi connectivity index (χ2v) is 11.5. The average molecular weight is 495 g/mol. The van der Waals surface area contributed by atoms with Crippen LogP contribution in [0.5, 0.6) is 0 Å². The Morgan fingerprint density at radius 2 is 1.86 bits per heavy atom. The summed E-state index contributed by atoms with van der Waals surface area (Å²) in [5, 5.41) is 9.42. The summed E-state index contributed by atoms with van der Waals surface area (Å²) in [6.07, 6.45) is 4.08. The van der Waals surface area contributed by atoms with E-state index in [2.05, 4.69) is 17.0 Å². The Labute approximate surface area is 212 Å². The van der Waals surface area contributed by atoms with Crippen molar-refractivity contribution in [3.8, 4) is 0 Å². The lowest BCUT2D eigenvalue weighted by Crippen LogP contribution is -2.42. The third kappa shape index (κ3) is 4.67. The van der Waals surface area contributed by atoms with Gasteiger partial charge < -0.3 is 14.7 Å². The topological polar surface area (TPSA) is 70.1 Å². The number of rotatable bonds is 3. The van der Waals surface area contributed by atoms with Gasteiger partial charge in [-0.05, 0) is 111 Å². The van der Waals surface area contributed by atoms with Crippen molar-refractivity contribution < 1.29 is 23.8 Å². The largest absolute Gasteiger partial charge is 0.481 e. The molecule has 2 heterocycles. The molecule has 7 heteroatoms. The van der Waals surface area contributed by atoms with Gasteiger partial charge in [0.25, 0.3) is 0 Å². The molecule has 192 valence electrons. The number of carboxylic acids is 1. The molecular formula is C29H35FN2O4. The van der Waals surface area contributed by atoms with Gasteiger partial charge in [0.1, 0.15) is 11.4 Å². The van der Waals surface area contributed by atoms with E-state index in [1.54, 1.807) is 17.0 Å². The van der Waals surface area contributed by atoms with E-state index in [1.165, 1.54) is 6.07 Å². The molecule has 1 saturated heterocycles. The minimum Gasteiger partial charge on any atom is -0.481 e. The van der Waals surface area contributed by atoms with Crippen LogP contribution in [0.3, 0.4) is 0 Å². The number of hydrogen-bond acceptors (Lipinski definition) is 4. The number of aryl methyl sites for hydroxylation is 1. The summed E-state index contributed by atoms with van der Waals surface area (Å²) in [6.45, 7) is 7.94. The Balaban J connectivity index is 1.33. The van der Waals surface area contributed by atoms with E-state index in [0.29, 0.717) is 6.54 Å². The Morgan fingerprint density at radius 3 is 2.56 bits per heavy atom. The molecule has 0 unspecified atom stereocenters. The number of nitrogens with zero attached hydrogens (tertiary/aromatic N) is 2. The molecule has 1 fully saturated rings. The maximum absolute atomic E-state index is 14.2. The number of piperidine rings is 1. The number of amides is 1. The van der Waals surface area contributed by atoms with Gasteiger partial charge in [0.05, 0.1) is 12.1 Å². The summed E-state index contributed by atoms with van der Waals surface area (Å²) >= 11 is 0. The minimum absolute atomic E-state index is 0.0627. The number of ether oxygens (including phenoxy) is 1. The third-order valence-electron chi connectivity index (χ3n) is 7.97. The smallest absolute Gasteiger partial charge is 0.414 e. The number of benzene rings is 2. The SMILES string of the molecule is CC(C)(C)OC(=O)N1CCCc2cc(N3CCC4(CC3)C[C@@H](CC(=O)O)c3ccc(F)cc34)ccc21. The molecule has 0 radical (unpaired) electrons. The number of hydrogen-bond donors (Lipinski definition) is 1. The van der Waals surface area contributed by atoms with Crippen LogP contribution >= 0.6 is 0 Å². The molecule has 2 aromatic carbocycles. The van der Waals surface area contributed by atoms with Gasteiger partial charge in [-0.25, -0.2) is 9.18 Å². The highest BCUT2D eigenvalue weighted by Crippen LogP contribution is 2.53. The van der Waals surface area contributed by atoms with Crippen LogP contribution in [0.15, 0.2) is 36.4 Å². The standard InChI is InChI=1S/C29H35FN2O4/c1-28(2,3)36-27(35)32-12-4-5-19-15-22(7-9-25(19)32)31-13-10-29(11-14-31)18-20(16-26(33)34)23-8-6-21(30)17-24(23)29/h6-9,15,17,20H,4-5,10-14,16,18H2,1-3H3,(H,33,34)/t20-/m1/s1. The van der Waals surface area contributed by atoms with E-state index in [-0.39, 0.29) is 29.7 Å². The first-order valence-corrected chi connectivity index (χ1v) is 12.9. The van der Waals surface area contributed by atoms with E-state index >= 15 is 0 Å². The average Bonchev–Trinajstić information content (AvgIpc) is 3.09. The Morgan fingerprint density at radius 1 is 1.11 bits per heavy atom. The molecule has 3 aliphatic rings. The van der Waals surface area contributed by atoms with Crippen molar-refractivity contribution in [1.82, 2.24) is 0 Å². The Hall–Kier alpha value is -3.09. The van der Waals surface area contributed by atoms with Crippen LogP contribution in [-0.2, 0) is 21.4 Å². The van der Waals surface area contributed by atoms with Crippen LogP contribution in [0.25, 0.3) is 0 Å². The Kier molecular flexibility index (Phi) is 6.21. The van der Waals surface area contributed by atoms with Crippen molar-refractivity contribution >= 4 is 23.4 Å². The number of aliphatic carboxylic acids is 1. The first kappa shape index (κ1) is 24.6. The predicted octanol–water partition coefficient (Wildman–Crippen LogP) is 6.01. The minimum atomic E-state index is -0.806. The van der Waals surface area contributed by atoms with Gasteiger partial charge in [-0.3, -0.25) is 9.69 Å². The highest BCUT2D eigenvalue weighted by molar-refractivity contribution is 5.90. The van der Waals surface area contributed by atoms with Crippen molar-refractivity contribution in [3.63, 3.8) is 0 Å². The zero-order valence-corrected chi connectivity index (χ0v) is 21.3. The summed E-state index contributed by atoms with van der Waals surface area (Å²) in [5.41, 5.74) is 4.51. The van der Waals surface area contributed by atoms with E-state index in [0.717, 1.165) is 73.3 Å². The van der Waals surface area contributed by atoms with Gasteiger partial charge in [0.15, 0.2) is 0 Å². The molecule has 0 bridgehead atoms. The number of anilines is 2. The number of fused-ring (bicyclic) bond motifs is 3. The van der Waals surface area contributed by atoms with Crippen molar-refractivity contribution in [2.75, 3.05) is 29.4 Å². The van der Waals surface area contributed by atoms with Crippen molar-refractivity contribution in [3.05, 3.63) is 58.9 Å². The van der Waals surface area contributed by atoms with Crippen molar-refractivity contribution in [1.29, 1.82) is 0 Å². The molecule has 1 amide bonds. The summed E-state index contributed by atoms with van der Waals surface area (Å²) in [5.74, 6) is -1.12. The highest BCUT2D eigenvalue weighted by Gasteiger charge is 2.46. The lowest BCUT2D eigenvalue weighted by molar-refractivity contribution is -0.137. The lowest BCUT2D eigenvalue weighted by Gasteiger charge is -2.42. The fourth-order valence-electron chi connectivity index (χ4n) is 6.38. The van der Waals surface area contributed by atoms with E-state index < -0.39 is 11.6 Å². The first-order valence-electron chi connectivity index (χ1n) is 12.9. The number of carbonyl (C=O) groups is 2. The van der Waals surface area contributed by atoms with E-state index in [9.17, 15) is 19.1 Å². The summed E-state index contributed by atoms with van der Waals surface area (Å²) in [7, 11) is 0.